The molecule has 0 aromatic rings. The number of rotatable bonds is 4. The summed E-state index contributed by atoms with van der Waals surface area (Å²) >= 11 is 0. The third-order valence-electron chi connectivity index (χ3n) is 4.28. The van der Waals surface area contributed by atoms with E-state index in [0.717, 1.165) is 51.4 Å². The van der Waals surface area contributed by atoms with E-state index in [0.29, 0.717) is 25.6 Å². The molecule has 5 nitrogen and oxygen atoms in total. The molecular formula is C13H27N3O2S. The van der Waals surface area contributed by atoms with Crippen LogP contribution in [0.4, 0.5) is 0 Å². The third kappa shape index (κ3) is 4.70. The Morgan fingerprint density at radius 3 is 2.37 bits per heavy atom. The first kappa shape index (κ1) is 15.2. The first-order valence-electron chi connectivity index (χ1n) is 7.58. The first-order chi connectivity index (χ1) is 9.08. The molecule has 1 saturated carbocycles. The second-order valence-corrected chi connectivity index (χ2v) is 7.71. The maximum atomic E-state index is 12.2. The molecular weight excluding hydrogens is 262 g/mol. The van der Waals surface area contributed by atoms with Crippen molar-refractivity contribution < 1.29 is 8.42 Å². The average molecular weight is 289 g/mol. The van der Waals surface area contributed by atoms with Crippen LogP contribution in [-0.2, 0) is 10.2 Å². The second kappa shape index (κ2) is 7.02. The van der Waals surface area contributed by atoms with Crippen molar-refractivity contribution >= 4 is 10.2 Å². The summed E-state index contributed by atoms with van der Waals surface area (Å²) in [7, 11) is -3.28. The average Bonchev–Trinajstić information content (AvgIpc) is 2.66. The van der Waals surface area contributed by atoms with Gasteiger partial charge in [-0.25, -0.2) is 4.72 Å². The van der Waals surface area contributed by atoms with Crippen molar-refractivity contribution in [2.75, 3.05) is 19.6 Å². The molecule has 19 heavy (non-hydrogen) atoms. The fraction of sp³-hybridized carbons (Fsp3) is 1.00. The Morgan fingerprint density at radius 2 is 1.74 bits per heavy atom. The summed E-state index contributed by atoms with van der Waals surface area (Å²) in [4.78, 5) is 0. The highest BCUT2D eigenvalue weighted by Gasteiger charge is 2.25. The second-order valence-electron chi connectivity index (χ2n) is 5.96. The van der Waals surface area contributed by atoms with E-state index < -0.39 is 10.2 Å². The Morgan fingerprint density at radius 1 is 1.05 bits per heavy atom. The first-order valence-corrected chi connectivity index (χ1v) is 9.02. The van der Waals surface area contributed by atoms with Gasteiger partial charge in [0.1, 0.15) is 0 Å². The number of nitrogens with zero attached hydrogens (tertiary/aromatic N) is 1. The van der Waals surface area contributed by atoms with E-state index in [4.69, 9.17) is 5.73 Å². The van der Waals surface area contributed by atoms with Crippen LogP contribution in [0, 0.1) is 5.92 Å². The molecule has 0 spiro atoms. The molecule has 0 aromatic heterocycles. The van der Waals surface area contributed by atoms with Crippen molar-refractivity contribution in [3.05, 3.63) is 0 Å². The van der Waals surface area contributed by atoms with Crippen LogP contribution < -0.4 is 10.5 Å². The fourth-order valence-corrected chi connectivity index (χ4v) is 4.48. The summed E-state index contributed by atoms with van der Waals surface area (Å²) in [5.41, 5.74) is 5.94. The Hall–Kier alpha value is -0.170. The quantitative estimate of drug-likeness (QED) is 0.817. The standard InChI is InChI=1S/C13H27N3O2S/c14-13-7-5-6-12(10-13)11-15-19(17,18)16-8-3-1-2-4-9-16/h12-13,15H,1-11,14H2. The highest BCUT2D eigenvalue weighted by atomic mass is 32.2. The zero-order valence-electron chi connectivity index (χ0n) is 11.7. The van der Waals surface area contributed by atoms with Crippen LogP contribution in [-0.4, -0.2) is 38.4 Å². The fourth-order valence-electron chi connectivity index (χ4n) is 3.11. The highest BCUT2D eigenvalue weighted by Crippen LogP contribution is 2.22. The summed E-state index contributed by atoms with van der Waals surface area (Å²) in [6.45, 7) is 1.88. The zero-order valence-corrected chi connectivity index (χ0v) is 12.5. The highest BCUT2D eigenvalue weighted by molar-refractivity contribution is 7.87. The Labute approximate surface area is 117 Å². The molecule has 1 aliphatic carbocycles. The molecule has 2 unspecified atom stereocenters. The van der Waals surface area contributed by atoms with Crippen molar-refractivity contribution in [1.82, 2.24) is 9.03 Å². The molecule has 2 aliphatic rings. The molecule has 1 aliphatic heterocycles. The van der Waals surface area contributed by atoms with Crippen molar-refractivity contribution in [3.63, 3.8) is 0 Å². The Bertz CT molecular complexity index is 364. The monoisotopic (exact) mass is 289 g/mol. The minimum Gasteiger partial charge on any atom is -0.328 e. The van der Waals surface area contributed by atoms with Crippen LogP contribution in [0.25, 0.3) is 0 Å². The summed E-state index contributed by atoms with van der Waals surface area (Å²) in [5.74, 6) is 0.408. The van der Waals surface area contributed by atoms with Gasteiger partial charge in [0.25, 0.3) is 10.2 Å². The van der Waals surface area contributed by atoms with Crippen LogP contribution in [0.5, 0.6) is 0 Å². The normalized spacial score (nSPS) is 31.0. The molecule has 0 radical (unpaired) electrons. The molecule has 112 valence electrons. The van der Waals surface area contributed by atoms with Gasteiger partial charge in [-0.1, -0.05) is 19.3 Å². The smallest absolute Gasteiger partial charge is 0.279 e. The van der Waals surface area contributed by atoms with Gasteiger partial charge in [0, 0.05) is 25.7 Å². The number of nitrogens with one attached hydrogen (secondary N) is 1. The van der Waals surface area contributed by atoms with Gasteiger partial charge in [-0.2, -0.15) is 12.7 Å². The molecule has 2 rings (SSSR count). The number of hydrogen-bond acceptors (Lipinski definition) is 3. The summed E-state index contributed by atoms with van der Waals surface area (Å²) in [5, 5.41) is 0. The molecule has 2 fully saturated rings. The van der Waals surface area contributed by atoms with Gasteiger partial charge in [-0.05, 0) is 38.0 Å². The van der Waals surface area contributed by atoms with Gasteiger partial charge < -0.3 is 5.73 Å². The number of hydrogen-bond donors (Lipinski definition) is 2. The molecule has 3 N–H and O–H groups in total. The van der Waals surface area contributed by atoms with E-state index in [2.05, 4.69) is 4.72 Å². The van der Waals surface area contributed by atoms with E-state index in [1.165, 1.54) is 0 Å². The summed E-state index contributed by atoms with van der Waals surface area (Å²) in [6, 6.07) is 0.251. The van der Waals surface area contributed by atoms with Crippen molar-refractivity contribution in [1.29, 1.82) is 0 Å². The lowest BCUT2D eigenvalue weighted by Crippen LogP contribution is -2.44. The number of nitrogens with two attached hydrogens (primary N) is 1. The van der Waals surface area contributed by atoms with Crippen molar-refractivity contribution in [2.24, 2.45) is 11.7 Å². The largest absolute Gasteiger partial charge is 0.328 e. The Balaban J connectivity index is 1.82. The zero-order chi connectivity index (χ0) is 13.7. The molecule has 6 heteroatoms. The van der Waals surface area contributed by atoms with E-state index in [9.17, 15) is 8.42 Å². The van der Waals surface area contributed by atoms with E-state index in [-0.39, 0.29) is 6.04 Å². The molecule has 0 bridgehead atoms. The van der Waals surface area contributed by atoms with Gasteiger partial charge in [0.15, 0.2) is 0 Å². The van der Waals surface area contributed by atoms with Crippen LogP contribution in [0.3, 0.4) is 0 Å². The van der Waals surface area contributed by atoms with Crippen molar-refractivity contribution in [3.8, 4) is 0 Å². The molecule has 1 heterocycles. The SMILES string of the molecule is NC1CCCC(CNS(=O)(=O)N2CCCCCC2)C1. The predicted molar refractivity (Wildman–Crippen MR) is 76.9 cm³/mol. The lowest BCUT2D eigenvalue weighted by atomic mass is 9.86. The molecule has 0 aromatic carbocycles. The van der Waals surface area contributed by atoms with Gasteiger partial charge >= 0.3 is 0 Å². The van der Waals surface area contributed by atoms with Gasteiger partial charge in [-0.15, -0.1) is 0 Å². The summed E-state index contributed by atoms with van der Waals surface area (Å²) in [6.07, 6.45) is 8.49. The van der Waals surface area contributed by atoms with Crippen LogP contribution in [0.15, 0.2) is 0 Å². The minimum absolute atomic E-state index is 0.251. The maximum Gasteiger partial charge on any atom is 0.279 e. The van der Waals surface area contributed by atoms with E-state index in [1.807, 2.05) is 0 Å². The predicted octanol–water partition coefficient (Wildman–Crippen LogP) is 1.21. The molecule has 0 amide bonds. The van der Waals surface area contributed by atoms with Gasteiger partial charge in [0.2, 0.25) is 0 Å². The van der Waals surface area contributed by atoms with Crippen LogP contribution in [0.1, 0.15) is 51.4 Å². The van der Waals surface area contributed by atoms with Gasteiger partial charge in [-0.3, -0.25) is 0 Å². The summed E-state index contributed by atoms with van der Waals surface area (Å²) < 4.78 is 28.9. The van der Waals surface area contributed by atoms with Crippen LogP contribution >= 0.6 is 0 Å². The van der Waals surface area contributed by atoms with Crippen molar-refractivity contribution in [2.45, 2.75) is 57.4 Å². The van der Waals surface area contributed by atoms with E-state index >= 15 is 0 Å². The Kier molecular flexibility index (Phi) is 5.62. The lowest BCUT2D eigenvalue weighted by Gasteiger charge is -2.28. The lowest BCUT2D eigenvalue weighted by molar-refractivity contribution is 0.318. The molecule has 2 atom stereocenters. The topological polar surface area (TPSA) is 75.4 Å². The van der Waals surface area contributed by atoms with Crippen LogP contribution in [0.2, 0.25) is 0 Å². The van der Waals surface area contributed by atoms with E-state index in [1.54, 1.807) is 4.31 Å². The third-order valence-corrected chi connectivity index (χ3v) is 5.86. The van der Waals surface area contributed by atoms with Gasteiger partial charge in [0.05, 0.1) is 0 Å². The minimum atomic E-state index is -3.28. The molecule has 1 saturated heterocycles. The maximum absolute atomic E-state index is 12.2.